The summed E-state index contributed by atoms with van der Waals surface area (Å²) in [5, 5.41) is 0. The van der Waals surface area contributed by atoms with Gasteiger partial charge in [-0.25, -0.2) is 4.39 Å². The number of amides is 1. The van der Waals surface area contributed by atoms with Crippen molar-refractivity contribution < 1.29 is 9.18 Å². The number of pyridine rings is 1. The van der Waals surface area contributed by atoms with Gasteiger partial charge in [-0.2, -0.15) is 0 Å². The minimum atomic E-state index is -0.544. The molecule has 1 aliphatic heterocycles. The highest BCUT2D eigenvalue weighted by molar-refractivity contribution is 5.94. The van der Waals surface area contributed by atoms with Crippen LogP contribution in [0.3, 0.4) is 0 Å². The molecule has 1 aromatic heterocycles. The van der Waals surface area contributed by atoms with E-state index in [0.29, 0.717) is 6.54 Å². The molecule has 1 fully saturated rings. The largest absolute Gasteiger partial charge is 0.334 e. The smallest absolute Gasteiger partial charge is 0.257 e. The minimum absolute atomic E-state index is 0.121. The lowest BCUT2D eigenvalue weighted by Crippen LogP contribution is -2.41. The number of carbonyl (C=O) groups excluding carboxylic acids is 1. The summed E-state index contributed by atoms with van der Waals surface area (Å²) in [6, 6.07) is 1.63. The van der Waals surface area contributed by atoms with Crippen LogP contribution >= 0.6 is 0 Å². The molecule has 2 heterocycles. The molecular weight excluding hydrogens is 233 g/mol. The second-order valence-electron chi connectivity index (χ2n) is 4.91. The van der Waals surface area contributed by atoms with E-state index >= 15 is 0 Å². The number of aromatic nitrogens is 1. The normalized spacial score (nSPS) is 19.6. The van der Waals surface area contributed by atoms with Gasteiger partial charge in [0.15, 0.2) is 5.82 Å². The van der Waals surface area contributed by atoms with Crippen LogP contribution in [0.2, 0.25) is 0 Å². The zero-order valence-electron chi connectivity index (χ0n) is 10.8. The molecule has 1 atom stereocenters. The lowest BCUT2D eigenvalue weighted by molar-refractivity contribution is 0.0711. The molecule has 98 valence electrons. The van der Waals surface area contributed by atoms with Gasteiger partial charge in [-0.3, -0.25) is 9.78 Å². The van der Waals surface area contributed by atoms with Gasteiger partial charge in [-0.15, -0.1) is 0 Å². The molecule has 1 saturated heterocycles. The fraction of sp³-hybridized carbons (Fsp3) is 0.538. The van der Waals surface area contributed by atoms with Crippen molar-refractivity contribution in [1.82, 2.24) is 14.8 Å². The lowest BCUT2D eigenvalue weighted by atomic mass is 10.2. The van der Waals surface area contributed by atoms with Gasteiger partial charge in [0.2, 0.25) is 0 Å². The Morgan fingerprint density at radius 3 is 3.06 bits per heavy atom. The zero-order valence-corrected chi connectivity index (χ0v) is 10.8. The predicted molar refractivity (Wildman–Crippen MR) is 66.8 cm³/mol. The van der Waals surface area contributed by atoms with Crippen molar-refractivity contribution in [3.8, 4) is 0 Å². The average Bonchev–Trinajstić information content (AvgIpc) is 2.76. The van der Waals surface area contributed by atoms with E-state index in [1.165, 1.54) is 12.3 Å². The molecule has 5 heteroatoms. The van der Waals surface area contributed by atoms with E-state index in [1.54, 1.807) is 4.90 Å². The highest BCUT2D eigenvalue weighted by Gasteiger charge is 2.30. The van der Waals surface area contributed by atoms with Crippen LogP contribution in [0.15, 0.2) is 18.5 Å². The first-order chi connectivity index (χ1) is 8.59. The average molecular weight is 251 g/mol. The van der Waals surface area contributed by atoms with Gasteiger partial charge in [0.1, 0.15) is 0 Å². The fourth-order valence-electron chi connectivity index (χ4n) is 2.42. The molecule has 0 bridgehead atoms. The number of likely N-dealkylation sites (tertiary alicyclic amines) is 1. The quantitative estimate of drug-likeness (QED) is 0.814. The summed E-state index contributed by atoms with van der Waals surface area (Å²) < 4.78 is 13.6. The van der Waals surface area contributed by atoms with Crippen LogP contribution in [0.5, 0.6) is 0 Å². The third-order valence-electron chi connectivity index (χ3n) is 3.22. The second-order valence-corrected chi connectivity index (χ2v) is 4.91. The number of halogens is 1. The van der Waals surface area contributed by atoms with E-state index in [1.807, 2.05) is 14.1 Å². The molecule has 4 nitrogen and oxygen atoms in total. The molecule has 1 amide bonds. The molecule has 0 saturated carbocycles. The maximum atomic E-state index is 13.6. The van der Waals surface area contributed by atoms with Crippen molar-refractivity contribution in [3.05, 3.63) is 29.8 Å². The van der Waals surface area contributed by atoms with Crippen molar-refractivity contribution in [2.24, 2.45) is 0 Å². The van der Waals surface area contributed by atoms with E-state index in [-0.39, 0.29) is 17.5 Å². The number of hydrogen-bond acceptors (Lipinski definition) is 3. The Morgan fingerprint density at radius 2 is 2.39 bits per heavy atom. The third-order valence-corrected chi connectivity index (χ3v) is 3.22. The lowest BCUT2D eigenvalue weighted by Gasteiger charge is -2.27. The first kappa shape index (κ1) is 13.0. The maximum Gasteiger partial charge on any atom is 0.257 e. The van der Waals surface area contributed by atoms with Gasteiger partial charge < -0.3 is 9.80 Å². The maximum absolute atomic E-state index is 13.6. The number of carbonyl (C=O) groups is 1. The van der Waals surface area contributed by atoms with Crippen LogP contribution < -0.4 is 0 Å². The molecular formula is C13H18FN3O. The summed E-state index contributed by atoms with van der Waals surface area (Å²) in [6.45, 7) is 1.53. The number of nitrogens with zero attached hydrogens (tertiary/aromatic N) is 3. The highest BCUT2D eigenvalue weighted by atomic mass is 19.1. The van der Waals surface area contributed by atoms with E-state index in [9.17, 15) is 9.18 Å². The standard InChI is InChI=1S/C13H18FN3O/c1-16(2)9-10-4-3-7-17(10)13(18)11-5-6-15-8-12(11)14/h5-6,8,10H,3-4,7,9H2,1-2H3. The Labute approximate surface area is 106 Å². The Balaban J connectivity index is 2.15. The van der Waals surface area contributed by atoms with Crippen LogP contribution in [-0.2, 0) is 0 Å². The SMILES string of the molecule is CN(C)CC1CCCN1C(=O)c1ccncc1F. The van der Waals surface area contributed by atoms with E-state index in [0.717, 1.165) is 25.6 Å². The van der Waals surface area contributed by atoms with Gasteiger partial charge >= 0.3 is 0 Å². The van der Waals surface area contributed by atoms with Gasteiger partial charge in [-0.05, 0) is 33.0 Å². The van der Waals surface area contributed by atoms with Gasteiger partial charge in [0.25, 0.3) is 5.91 Å². The van der Waals surface area contributed by atoms with Crippen LogP contribution in [0.25, 0.3) is 0 Å². The topological polar surface area (TPSA) is 36.4 Å². The molecule has 1 unspecified atom stereocenters. The van der Waals surface area contributed by atoms with Gasteiger partial charge in [-0.1, -0.05) is 0 Å². The van der Waals surface area contributed by atoms with Crippen molar-refractivity contribution in [1.29, 1.82) is 0 Å². The minimum Gasteiger partial charge on any atom is -0.334 e. The monoisotopic (exact) mass is 251 g/mol. The van der Waals surface area contributed by atoms with Crippen molar-refractivity contribution in [3.63, 3.8) is 0 Å². The van der Waals surface area contributed by atoms with Crippen molar-refractivity contribution in [2.45, 2.75) is 18.9 Å². The van der Waals surface area contributed by atoms with Crippen molar-refractivity contribution >= 4 is 5.91 Å². The third kappa shape index (κ3) is 2.67. The van der Waals surface area contributed by atoms with Gasteiger partial charge in [0, 0.05) is 25.3 Å². The molecule has 0 radical (unpaired) electrons. The van der Waals surface area contributed by atoms with Crippen LogP contribution in [-0.4, -0.2) is 53.9 Å². The van der Waals surface area contributed by atoms with E-state index in [2.05, 4.69) is 9.88 Å². The van der Waals surface area contributed by atoms with Gasteiger partial charge in [0.05, 0.1) is 11.8 Å². The summed E-state index contributed by atoms with van der Waals surface area (Å²) in [7, 11) is 3.96. The van der Waals surface area contributed by atoms with Crippen LogP contribution in [0.4, 0.5) is 4.39 Å². The fourth-order valence-corrected chi connectivity index (χ4v) is 2.42. The Hall–Kier alpha value is -1.49. The predicted octanol–water partition coefficient (Wildman–Crippen LogP) is 1.39. The number of likely N-dealkylation sites (N-methyl/N-ethyl adjacent to an activating group) is 1. The molecule has 0 N–H and O–H groups in total. The summed E-state index contributed by atoms with van der Waals surface area (Å²) in [4.78, 5) is 19.8. The Bertz CT molecular complexity index is 436. The second kappa shape index (κ2) is 5.44. The molecule has 1 aliphatic rings. The van der Waals surface area contributed by atoms with Crippen molar-refractivity contribution in [2.75, 3.05) is 27.2 Å². The first-order valence-corrected chi connectivity index (χ1v) is 6.15. The molecule has 0 aromatic carbocycles. The zero-order chi connectivity index (χ0) is 13.1. The van der Waals surface area contributed by atoms with E-state index in [4.69, 9.17) is 0 Å². The molecule has 2 rings (SSSR count). The summed E-state index contributed by atoms with van der Waals surface area (Å²) in [5.41, 5.74) is 0.121. The summed E-state index contributed by atoms with van der Waals surface area (Å²) >= 11 is 0. The Kier molecular flexibility index (Phi) is 3.91. The van der Waals surface area contributed by atoms with Crippen LogP contribution in [0, 0.1) is 5.82 Å². The van der Waals surface area contributed by atoms with E-state index < -0.39 is 5.82 Å². The molecule has 18 heavy (non-hydrogen) atoms. The number of rotatable bonds is 3. The summed E-state index contributed by atoms with van der Waals surface area (Å²) in [5.74, 6) is -0.766. The highest BCUT2D eigenvalue weighted by Crippen LogP contribution is 2.21. The van der Waals surface area contributed by atoms with Crippen LogP contribution in [0.1, 0.15) is 23.2 Å². The molecule has 1 aromatic rings. The first-order valence-electron chi connectivity index (χ1n) is 6.15. The Morgan fingerprint density at radius 1 is 1.61 bits per heavy atom. The summed E-state index contributed by atoms with van der Waals surface area (Å²) in [6.07, 6.45) is 4.51. The number of hydrogen-bond donors (Lipinski definition) is 0. The molecule has 0 spiro atoms. The molecule has 0 aliphatic carbocycles.